The third-order valence-corrected chi connectivity index (χ3v) is 4.11. The molecule has 0 aliphatic heterocycles. The number of carbonyl (C=O) groups excluding carboxylic acids is 1. The Bertz CT molecular complexity index is 278. The van der Waals surface area contributed by atoms with Crippen LogP contribution in [-0.4, -0.2) is 23.6 Å². The van der Waals surface area contributed by atoms with E-state index in [2.05, 4.69) is 4.67 Å². The summed E-state index contributed by atoms with van der Waals surface area (Å²) in [5.74, 6) is -1.65. The maximum atomic E-state index is 11.2. The van der Waals surface area contributed by atoms with E-state index in [0.29, 0.717) is 0 Å². The van der Waals surface area contributed by atoms with Gasteiger partial charge in [-0.3, -0.25) is 4.57 Å². The fourth-order valence-electron chi connectivity index (χ4n) is 1.48. The standard InChI is InChI=1S/C10H21O6P/c1-4-10(5-2,6-3)8-15-16-17(13,14)7-9(11)12/h4-8H2,1-3H3,(H,11,12)(H,13,14)/p-1. The van der Waals surface area contributed by atoms with E-state index in [1.54, 1.807) is 0 Å². The van der Waals surface area contributed by atoms with Crippen LogP contribution in [0.4, 0.5) is 0 Å². The van der Waals surface area contributed by atoms with Gasteiger partial charge >= 0.3 is 7.60 Å². The minimum atomic E-state index is -4.25. The van der Waals surface area contributed by atoms with Gasteiger partial charge in [0.15, 0.2) is 0 Å². The summed E-state index contributed by atoms with van der Waals surface area (Å²) < 4.78 is 15.5. The van der Waals surface area contributed by atoms with Crippen LogP contribution in [0.3, 0.4) is 0 Å². The lowest BCUT2D eigenvalue weighted by Gasteiger charge is -2.29. The van der Waals surface area contributed by atoms with Crippen molar-refractivity contribution >= 4 is 13.6 Å². The summed E-state index contributed by atoms with van der Waals surface area (Å²) in [6.45, 7) is 6.15. The number of hydrogen-bond donors (Lipinski definition) is 1. The van der Waals surface area contributed by atoms with Crippen molar-refractivity contribution in [2.75, 3.05) is 12.8 Å². The zero-order chi connectivity index (χ0) is 13.5. The predicted molar refractivity (Wildman–Crippen MR) is 60.0 cm³/mol. The number of hydrogen-bond acceptors (Lipinski definition) is 5. The third-order valence-electron chi connectivity index (χ3n) is 3.11. The average molecular weight is 267 g/mol. The third kappa shape index (κ3) is 6.17. The van der Waals surface area contributed by atoms with Crippen molar-refractivity contribution in [2.24, 2.45) is 5.41 Å². The van der Waals surface area contributed by atoms with E-state index in [9.17, 15) is 14.5 Å². The highest BCUT2D eigenvalue weighted by atomic mass is 31.2. The lowest BCUT2D eigenvalue weighted by molar-refractivity contribution is -0.302. The second kappa shape index (κ2) is 7.11. The van der Waals surface area contributed by atoms with E-state index in [1.807, 2.05) is 20.8 Å². The number of aliphatic carboxylic acids is 1. The summed E-state index contributed by atoms with van der Waals surface area (Å²) in [5.41, 5.74) is -0.110. The van der Waals surface area contributed by atoms with Gasteiger partial charge in [0.25, 0.3) is 0 Å². The summed E-state index contributed by atoms with van der Waals surface area (Å²) in [7, 11) is -4.25. The number of rotatable bonds is 9. The molecule has 0 radical (unpaired) electrons. The molecule has 0 bridgehead atoms. The fraction of sp³-hybridized carbons (Fsp3) is 0.900. The summed E-state index contributed by atoms with van der Waals surface area (Å²) in [6.07, 6.45) is 1.48. The van der Waals surface area contributed by atoms with E-state index < -0.39 is 19.7 Å². The largest absolute Gasteiger partial charge is 0.549 e. The van der Waals surface area contributed by atoms with E-state index >= 15 is 0 Å². The molecule has 1 atom stereocenters. The Morgan fingerprint density at radius 3 is 2.12 bits per heavy atom. The topological polar surface area (TPSA) is 95.9 Å². The van der Waals surface area contributed by atoms with Crippen LogP contribution in [0.2, 0.25) is 0 Å². The molecule has 0 aliphatic rings. The fourth-order valence-corrected chi connectivity index (χ4v) is 2.08. The molecule has 7 heteroatoms. The van der Waals surface area contributed by atoms with E-state index in [4.69, 9.17) is 9.78 Å². The van der Waals surface area contributed by atoms with Crippen LogP contribution in [-0.2, 0) is 18.9 Å². The van der Waals surface area contributed by atoms with Gasteiger partial charge in [0.05, 0.1) is 18.7 Å². The minimum absolute atomic E-state index is 0.110. The molecule has 0 saturated carbocycles. The van der Waals surface area contributed by atoms with Crippen molar-refractivity contribution in [3.8, 4) is 0 Å². The molecule has 102 valence electrons. The molecule has 0 fully saturated rings. The zero-order valence-electron chi connectivity index (χ0n) is 10.5. The molecule has 17 heavy (non-hydrogen) atoms. The van der Waals surface area contributed by atoms with Gasteiger partial charge in [-0.25, -0.2) is 4.89 Å². The van der Waals surface area contributed by atoms with Crippen LogP contribution in [0.5, 0.6) is 0 Å². The van der Waals surface area contributed by atoms with E-state index in [-0.39, 0.29) is 12.0 Å². The molecule has 6 nitrogen and oxygen atoms in total. The maximum Gasteiger partial charge on any atom is 0.361 e. The van der Waals surface area contributed by atoms with Crippen LogP contribution >= 0.6 is 7.60 Å². The quantitative estimate of drug-likeness (QED) is 0.381. The molecule has 0 aliphatic carbocycles. The van der Waals surface area contributed by atoms with Crippen molar-refractivity contribution in [3.05, 3.63) is 0 Å². The lowest BCUT2D eigenvalue weighted by Crippen LogP contribution is -2.27. The highest BCUT2D eigenvalue weighted by Crippen LogP contribution is 2.42. The number of carboxylic acid groups (broad SMARTS) is 1. The smallest absolute Gasteiger partial charge is 0.361 e. The zero-order valence-corrected chi connectivity index (χ0v) is 11.4. The van der Waals surface area contributed by atoms with Crippen LogP contribution in [0.25, 0.3) is 0 Å². The summed E-state index contributed by atoms with van der Waals surface area (Å²) in [4.78, 5) is 24.0. The van der Waals surface area contributed by atoms with Gasteiger partial charge < -0.3 is 14.8 Å². The molecule has 1 N–H and O–H groups in total. The molecule has 0 rings (SSSR count). The van der Waals surface area contributed by atoms with Gasteiger partial charge in [0, 0.05) is 0 Å². The van der Waals surface area contributed by atoms with E-state index in [1.165, 1.54) is 0 Å². The minimum Gasteiger partial charge on any atom is -0.549 e. The Balaban J connectivity index is 4.21. The average Bonchev–Trinajstić information content (AvgIpc) is 2.23. The summed E-state index contributed by atoms with van der Waals surface area (Å²) >= 11 is 0. The molecular formula is C10H20O6P-. The first-order valence-corrected chi connectivity index (χ1v) is 7.40. The van der Waals surface area contributed by atoms with Crippen molar-refractivity contribution < 1.29 is 28.9 Å². The molecule has 0 aromatic carbocycles. The first kappa shape index (κ1) is 16.6. The Hall–Kier alpha value is -0.420. The summed E-state index contributed by atoms with van der Waals surface area (Å²) in [6, 6.07) is 0. The second-order valence-electron chi connectivity index (χ2n) is 4.06. The van der Waals surface area contributed by atoms with Crippen molar-refractivity contribution in [1.82, 2.24) is 0 Å². The lowest BCUT2D eigenvalue weighted by atomic mass is 9.81. The van der Waals surface area contributed by atoms with Crippen LogP contribution < -0.4 is 5.11 Å². The normalized spacial score (nSPS) is 15.5. The molecule has 0 saturated heterocycles. The first-order chi connectivity index (χ1) is 7.81. The van der Waals surface area contributed by atoms with Gasteiger partial charge in [0.2, 0.25) is 0 Å². The molecule has 1 unspecified atom stereocenters. The van der Waals surface area contributed by atoms with Crippen molar-refractivity contribution in [1.29, 1.82) is 0 Å². The maximum absolute atomic E-state index is 11.2. The Morgan fingerprint density at radius 1 is 1.29 bits per heavy atom. The van der Waals surface area contributed by atoms with Gasteiger partial charge in [-0.15, -0.1) is 4.67 Å². The summed E-state index contributed by atoms with van der Waals surface area (Å²) in [5, 5.41) is 10.2. The Labute approximate surface area is 101 Å². The van der Waals surface area contributed by atoms with Gasteiger partial charge in [-0.2, -0.15) is 0 Å². The van der Waals surface area contributed by atoms with Gasteiger partial charge in [0.1, 0.15) is 0 Å². The first-order valence-electron chi connectivity index (χ1n) is 5.63. The van der Waals surface area contributed by atoms with Crippen molar-refractivity contribution in [2.45, 2.75) is 40.0 Å². The predicted octanol–water partition coefficient (Wildman–Crippen LogP) is 1.09. The number of carbonyl (C=O) groups is 1. The second-order valence-corrected chi connectivity index (χ2v) is 5.81. The van der Waals surface area contributed by atoms with Crippen LogP contribution in [0, 0.1) is 5.41 Å². The van der Waals surface area contributed by atoms with Gasteiger partial charge in [-0.05, 0) is 24.7 Å². The van der Waals surface area contributed by atoms with E-state index in [0.717, 1.165) is 19.3 Å². The molecule has 0 aromatic rings. The van der Waals surface area contributed by atoms with Crippen LogP contribution in [0.1, 0.15) is 40.0 Å². The Morgan fingerprint density at radius 2 is 1.76 bits per heavy atom. The highest BCUT2D eigenvalue weighted by molar-refractivity contribution is 7.53. The van der Waals surface area contributed by atoms with Crippen LogP contribution in [0.15, 0.2) is 0 Å². The molecular weight excluding hydrogens is 247 g/mol. The molecule has 0 heterocycles. The number of carboxylic acids is 1. The molecule has 0 amide bonds. The molecule has 0 aromatic heterocycles. The highest BCUT2D eigenvalue weighted by Gasteiger charge is 2.27. The SMILES string of the molecule is CCC(CC)(CC)COOP(=O)(O)CC(=O)[O-]. The molecule has 0 spiro atoms. The Kier molecular flexibility index (Phi) is 6.94. The monoisotopic (exact) mass is 267 g/mol. The van der Waals surface area contributed by atoms with Gasteiger partial charge in [-0.1, -0.05) is 20.8 Å². The van der Waals surface area contributed by atoms with Crippen molar-refractivity contribution in [3.63, 3.8) is 0 Å².